The lowest BCUT2D eigenvalue weighted by molar-refractivity contribution is 0.555. The summed E-state index contributed by atoms with van der Waals surface area (Å²) < 4.78 is 4.84. The van der Waals surface area contributed by atoms with E-state index in [1.165, 1.54) is 0 Å². The molecule has 0 saturated carbocycles. The number of H-pyrrole nitrogens is 1. The fourth-order valence-electron chi connectivity index (χ4n) is 1.15. The summed E-state index contributed by atoms with van der Waals surface area (Å²) in [6, 6.07) is 5.37. The van der Waals surface area contributed by atoms with Crippen LogP contribution in [0.15, 0.2) is 27.4 Å². The molecule has 0 atom stereocenters. The predicted molar refractivity (Wildman–Crippen MR) is 54.3 cm³/mol. The monoisotopic (exact) mass is 196 g/mol. The van der Waals surface area contributed by atoms with Gasteiger partial charge >= 0.3 is 5.76 Å². The second-order valence-corrected chi connectivity index (χ2v) is 2.88. The molecule has 4 nitrogen and oxygen atoms in total. The van der Waals surface area contributed by atoms with Gasteiger partial charge in [-0.1, -0.05) is 0 Å². The average molecular weight is 196 g/mol. The molecule has 68 valence electrons. The van der Waals surface area contributed by atoms with Gasteiger partial charge < -0.3 is 9.73 Å². The first-order valence-corrected chi connectivity index (χ1v) is 4.40. The molecule has 13 heavy (non-hydrogen) atoms. The third-order valence-electron chi connectivity index (χ3n) is 1.70. The summed E-state index contributed by atoms with van der Waals surface area (Å²) in [7, 11) is 0. The first-order valence-electron chi connectivity index (χ1n) is 3.77. The summed E-state index contributed by atoms with van der Waals surface area (Å²) in [4.78, 5) is 13.4. The van der Waals surface area contributed by atoms with Crippen LogP contribution in [0.2, 0.25) is 0 Å². The molecule has 0 unspecified atom stereocenters. The number of benzene rings is 1. The number of hydrogen-bond donors (Lipinski definition) is 3. The number of nitrogens with one attached hydrogen (secondary N) is 2. The zero-order valence-corrected chi connectivity index (χ0v) is 7.60. The number of aromatic nitrogens is 1. The largest absolute Gasteiger partial charge is 0.417 e. The molecular formula is C8H8N2O2S. The topological polar surface area (TPSA) is 58.0 Å². The highest BCUT2D eigenvalue weighted by Crippen LogP contribution is 2.15. The third kappa shape index (κ3) is 1.55. The zero-order chi connectivity index (χ0) is 9.26. The van der Waals surface area contributed by atoms with Crippen molar-refractivity contribution in [3.63, 3.8) is 0 Å². The molecule has 0 aliphatic heterocycles. The second kappa shape index (κ2) is 3.18. The second-order valence-electron chi connectivity index (χ2n) is 2.56. The molecule has 0 spiro atoms. The molecule has 5 heteroatoms. The van der Waals surface area contributed by atoms with Crippen LogP contribution in [-0.2, 0) is 0 Å². The van der Waals surface area contributed by atoms with E-state index in [-0.39, 0.29) is 0 Å². The Morgan fingerprint density at radius 3 is 3.15 bits per heavy atom. The number of fused-ring (bicyclic) bond motifs is 1. The summed E-state index contributed by atoms with van der Waals surface area (Å²) in [5, 5.41) is 3.01. The van der Waals surface area contributed by atoms with Gasteiger partial charge in [-0.3, -0.25) is 4.98 Å². The van der Waals surface area contributed by atoms with Crippen molar-refractivity contribution in [3.05, 3.63) is 28.7 Å². The van der Waals surface area contributed by atoms with Crippen LogP contribution in [0.1, 0.15) is 0 Å². The molecule has 0 fully saturated rings. The van der Waals surface area contributed by atoms with Gasteiger partial charge in [-0.05, 0) is 18.2 Å². The van der Waals surface area contributed by atoms with Gasteiger partial charge in [-0.25, -0.2) is 4.79 Å². The Kier molecular flexibility index (Phi) is 2.02. The maximum Gasteiger partial charge on any atom is 0.417 e. The molecule has 2 aromatic rings. The minimum Gasteiger partial charge on any atom is -0.408 e. The summed E-state index contributed by atoms with van der Waals surface area (Å²) in [6.45, 7) is 0. The molecule has 0 bridgehead atoms. The fourth-order valence-corrected chi connectivity index (χ4v) is 1.34. The molecule has 1 aromatic carbocycles. The molecule has 0 aliphatic rings. The number of thiol groups is 1. The molecule has 0 amide bonds. The molecule has 1 aromatic heterocycles. The number of aromatic amines is 1. The van der Waals surface area contributed by atoms with Crippen molar-refractivity contribution >= 4 is 29.4 Å². The van der Waals surface area contributed by atoms with Crippen LogP contribution in [0.3, 0.4) is 0 Å². The van der Waals surface area contributed by atoms with Gasteiger partial charge in [0.25, 0.3) is 0 Å². The zero-order valence-electron chi connectivity index (χ0n) is 6.70. The van der Waals surface area contributed by atoms with Crippen LogP contribution in [0.5, 0.6) is 0 Å². The molecule has 0 radical (unpaired) electrons. The molecule has 0 saturated heterocycles. The Morgan fingerprint density at radius 1 is 1.54 bits per heavy atom. The standard InChI is InChI=1S/C8H8N2O2S/c11-8-10-6-3-5(9-4-13)1-2-7(6)12-8/h1-3,9,13H,4H2,(H,10,11). The summed E-state index contributed by atoms with van der Waals surface area (Å²) >= 11 is 4.02. The van der Waals surface area contributed by atoms with Crippen LogP contribution in [0.25, 0.3) is 11.1 Å². The number of rotatable bonds is 2. The SMILES string of the molecule is O=c1[nH]c2cc(NCS)ccc2o1. The van der Waals surface area contributed by atoms with Gasteiger partial charge in [-0.2, -0.15) is 12.6 Å². The normalized spacial score (nSPS) is 10.5. The van der Waals surface area contributed by atoms with E-state index in [1.807, 2.05) is 6.07 Å². The minimum absolute atomic E-state index is 0.432. The summed E-state index contributed by atoms with van der Waals surface area (Å²) in [6.07, 6.45) is 0. The number of oxazole rings is 1. The van der Waals surface area contributed by atoms with Crippen molar-refractivity contribution in [2.45, 2.75) is 0 Å². The Balaban J connectivity index is 2.54. The van der Waals surface area contributed by atoms with E-state index in [0.717, 1.165) is 5.69 Å². The van der Waals surface area contributed by atoms with E-state index in [4.69, 9.17) is 4.42 Å². The van der Waals surface area contributed by atoms with E-state index in [1.54, 1.807) is 12.1 Å². The Labute approximate surface area is 79.4 Å². The van der Waals surface area contributed by atoms with E-state index in [9.17, 15) is 4.79 Å². The van der Waals surface area contributed by atoms with Crippen molar-refractivity contribution in [3.8, 4) is 0 Å². The highest BCUT2D eigenvalue weighted by Gasteiger charge is 2.00. The smallest absolute Gasteiger partial charge is 0.408 e. The third-order valence-corrected chi connectivity index (χ3v) is 1.86. The van der Waals surface area contributed by atoms with Crippen molar-refractivity contribution in [2.24, 2.45) is 0 Å². The van der Waals surface area contributed by atoms with E-state index < -0.39 is 5.76 Å². The van der Waals surface area contributed by atoms with Crippen LogP contribution >= 0.6 is 12.6 Å². The van der Waals surface area contributed by atoms with E-state index in [2.05, 4.69) is 22.9 Å². The van der Waals surface area contributed by atoms with Gasteiger partial charge in [0, 0.05) is 5.69 Å². The molecule has 1 heterocycles. The van der Waals surface area contributed by atoms with Crippen LogP contribution in [0, 0.1) is 0 Å². The lowest BCUT2D eigenvalue weighted by atomic mass is 10.3. The highest BCUT2D eigenvalue weighted by molar-refractivity contribution is 7.80. The Bertz CT molecular complexity index is 474. The van der Waals surface area contributed by atoms with Crippen molar-refractivity contribution in [2.75, 3.05) is 11.2 Å². The first-order chi connectivity index (χ1) is 6.29. The number of hydrogen-bond acceptors (Lipinski definition) is 4. The summed E-state index contributed by atoms with van der Waals surface area (Å²) in [5.41, 5.74) is 2.16. The van der Waals surface area contributed by atoms with Gasteiger partial charge in [0.05, 0.1) is 11.4 Å². The molecule has 2 N–H and O–H groups in total. The summed E-state index contributed by atoms with van der Waals surface area (Å²) in [5.74, 6) is 0.117. The molecule has 0 aliphatic carbocycles. The van der Waals surface area contributed by atoms with Crippen molar-refractivity contribution < 1.29 is 4.42 Å². The maximum absolute atomic E-state index is 10.8. The Hall–Kier alpha value is -1.36. The van der Waals surface area contributed by atoms with Gasteiger partial charge in [0.1, 0.15) is 0 Å². The fraction of sp³-hybridized carbons (Fsp3) is 0.125. The van der Waals surface area contributed by atoms with Crippen LogP contribution in [-0.4, -0.2) is 10.9 Å². The van der Waals surface area contributed by atoms with Gasteiger partial charge in [-0.15, -0.1) is 0 Å². The van der Waals surface area contributed by atoms with Gasteiger partial charge in [0.15, 0.2) is 5.58 Å². The highest BCUT2D eigenvalue weighted by atomic mass is 32.1. The van der Waals surface area contributed by atoms with E-state index >= 15 is 0 Å². The molecule has 2 rings (SSSR count). The minimum atomic E-state index is -0.432. The number of anilines is 1. The van der Waals surface area contributed by atoms with Crippen molar-refractivity contribution in [1.82, 2.24) is 4.98 Å². The lowest BCUT2D eigenvalue weighted by Gasteiger charge is -2.00. The van der Waals surface area contributed by atoms with E-state index in [0.29, 0.717) is 17.0 Å². The van der Waals surface area contributed by atoms with Crippen molar-refractivity contribution in [1.29, 1.82) is 0 Å². The van der Waals surface area contributed by atoms with Gasteiger partial charge in [0.2, 0.25) is 0 Å². The lowest BCUT2D eigenvalue weighted by Crippen LogP contribution is -1.94. The average Bonchev–Trinajstić information content (AvgIpc) is 2.44. The predicted octanol–water partition coefficient (Wildman–Crippen LogP) is 1.42. The molecular weight excluding hydrogens is 188 g/mol. The quantitative estimate of drug-likeness (QED) is 0.503. The maximum atomic E-state index is 10.8. The van der Waals surface area contributed by atoms with Crippen LogP contribution in [0.4, 0.5) is 5.69 Å². The Morgan fingerprint density at radius 2 is 2.38 bits per heavy atom. The van der Waals surface area contributed by atoms with Crippen LogP contribution < -0.4 is 11.1 Å². The first kappa shape index (κ1) is 8.25.